The van der Waals surface area contributed by atoms with Crippen LogP contribution in [0.1, 0.15) is 0 Å². The first-order valence-electron chi connectivity index (χ1n) is 2.78. The van der Waals surface area contributed by atoms with Crippen LogP contribution >= 0.6 is 24.8 Å². The lowest BCUT2D eigenvalue weighted by molar-refractivity contribution is 0.109. The molecule has 1 saturated heterocycles. The summed E-state index contributed by atoms with van der Waals surface area (Å²) >= 11 is 7.61. The van der Waals surface area contributed by atoms with Crippen LogP contribution in [-0.2, 0) is 4.74 Å². The summed E-state index contributed by atoms with van der Waals surface area (Å²) in [7, 11) is 0. The maximum atomic E-state index is 5.01. The van der Waals surface area contributed by atoms with Gasteiger partial charge in [-0.25, -0.2) is 0 Å². The van der Waals surface area contributed by atoms with Crippen LogP contribution in [0, 0.1) is 0 Å². The van der Waals surface area contributed by atoms with Gasteiger partial charge in [0.05, 0.1) is 13.2 Å². The van der Waals surface area contributed by atoms with Gasteiger partial charge in [0.25, 0.3) is 0 Å². The Morgan fingerprint density at radius 3 is 2.00 bits per heavy atom. The van der Waals surface area contributed by atoms with Crippen molar-refractivity contribution in [1.29, 1.82) is 0 Å². The number of nitrogens with one attached hydrogen (secondary N) is 1. The molecular formula is C5H11NOS2. The van der Waals surface area contributed by atoms with Gasteiger partial charge < -0.3 is 10.1 Å². The largest absolute Gasteiger partial charge is 0.379 e. The number of thiocarbonyl (C=S) groups is 1. The molecule has 54 valence electrons. The van der Waals surface area contributed by atoms with E-state index in [1.165, 1.54) is 4.70 Å². The van der Waals surface area contributed by atoms with Crippen molar-refractivity contribution in [2.45, 2.75) is 0 Å². The molecule has 0 amide bonds. The zero-order valence-corrected chi connectivity index (χ0v) is 6.88. The summed E-state index contributed by atoms with van der Waals surface area (Å²) in [5.74, 6) is 0. The first-order valence-corrected chi connectivity index (χ1v) is 3.77. The van der Waals surface area contributed by atoms with Crippen molar-refractivity contribution in [3.05, 3.63) is 0 Å². The van der Waals surface area contributed by atoms with Crippen molar-refractivity contribution in [1.82, 2.24) is 5.32 Å². The van der Waals surface area contributed by atoms with Gasteiger partial charge in [-0.05, 0) is 0 Å². The normalized spacial score (nSPS) is 17.4. The van der Waals surface area contributed by atoms with E-state index in [9.17, 15) is 0 Å². The second-order valence-electron chi connectivity index (χ2n) is 1.47. The Bertz CT molecular complexity index is 54.5. The second kappa shape index (κ2) is 8.36. The second-order valence-corrected chi connectivity index (χ2v) is 2.31. The lowest BCUT2D eigenvalue weighted by atomic mass is 10.5. The molecule has 4 heteroatoms. The van der Waals surface area contributed by atoms with Crippen LogP contribution in [0.4, 0.5) is 0 Å². The molecule has 1 heterocycles. The van der Waals surface area contributed by atoms with Crippen molar-refractivity contribution in [2.75, 3.05) is 26.3 Å². The third kappa shape index (κ3) is 8.36. The Hall–Kier alpha value is 0.360. The van der Waals surface area contributed by atoms with Gasteiger partial charge in [-0.15, -0.1) is 12.6 Å². The molecule has 0 unspecified atom stereocenters. The maximum absolute atomic E-state index is 5.01. The number of rotatable bonds is 0. The lowest BCUT2D eigenvalue weighted by Gasteiger charge is -2.10. The summed E-state index contributed by atoms with van der Waals surface area (Å²) in [6.07, 6.45) is 0. The smallest absolute Gasteiger partial charge is 0.0591 e. The first-order chi connectivity index (χ1) is 4.41. The fourth-order valence-electron chi connectivity index (χ4n) is 0.516. The molecule has 0 aromatic rings. The van der Waals surface area contributed by atoms with Crippen LogP contribution in [0.15, 0.2) is 0 Å². The van der Waals surface area contributed by atoms with Gasteiger partial charge in [0.15, 0.2) is 0 Å². The van der Waals surface area contributed by atoms with Crippen LogP contribution in [0.3, 0.4) is 0 Å². The van der Waals surface area contributed by atoms with Gasteiger partial charge in [-0.1, -0.05) is 12.2 Å². The molecule has 1 fully saturated rings. The highest BCUT2D eigenvalue weighted by atomic mass is 32.1. The topological polar surface area (TPSA) is 21.3 Å². The molecule has 0 aromatic carbocycles. The molecule has 0 radical (unpaired) electrons. The van der Waals surface area contributed by atoms with E-state index in [1.807, 2.05) is 0 Å². The predicted octanol–water partition coefficient (Wildman–Crippen LogP) is 0.480. The third-order valence-electron chi connectivity index (χ3n) is 0.846. The summed E-state index contributed by atoms with van der Waals surface area (Å²) < 4.78 is 6.28. The standard InChI is InChI=1S/C4H9NO.CH2S2/c1-3-6-4-2-5-1;2-1-3/h5H,1-4H2;1H,(H,2,3). The van der Waals surface area contributed by atoms with E-state index in [1.54, 1.807) is 0 Å². The Morgan fingerprint density at radius 1 is 1.44 bits per heavy atom. The Morgan fingerprint density at radius 2 is 1.89 bits per heavy atom. The molecule has 0 bridgehead atoms. The number of morpholine rings is 1. The minimum Gasteiger partial charge on any atom is -0.379 e. The predicted molar refractivity (Wildman–Crippen MR) is 46.3 cm³/mol. The van der Waals surface area contributed by atoms with Crippen molar-refractivity contribution in [2.24, 2.45) is 0 Å². The Balaban J connectivity index is 0.000000187. The SMILES string of the molecule is C1COCCN1.S=CS. The Kier molecular flexibility index (Phi) is 8.69. The molecule has 0 spiro atoms. The number of ether oxygens (including phenoxy) is 1. The molecule has 1 aliphatic heterocycles. The summed E-state index contributed by atoms with van der Waals surface area (Å²) in [6.45, 7) is 3.83. The highest BCUT2D eigenvalue weighted by Gasteiger charge is 1.92. The van der Waals surface area contributed by atoms with Crippen molar-refractivity contribution in [3.8, 4) is 0 Å². The molecule has 1 aliphatic rings. The molecule has 9 heavy (non-hydrogen) atoms. The van der Waals surface area contributed by atoms with Crippen molar-refractivity contribution >= 4 is 29.5 Å². The molecule has 1 N–H and O–H groups in total. The molecule has 0 atom stereocenters. The van der Waals surface area contributed by atoms with Crippen LogP contribution in [0.2, 0.25) is 0 Å². The van der Waals surface area contributed by atoms with E-state index in [0.29, 0.717) is 0 Å². The molecule has 1 rings (SSSR count). The van der Waals surface area contributed by atoms with E-state index in [0.717, 1.165) is 26.3 Å². The monoisotopic (exact) mass is 165 g/mol. The van der Waals surface area contributed by atoms with Gasteiger partial charge >= 0.3 is 0 Å². The summed E-state index contributed by atoms with van der Waals surface area (Å²) in [5, 5.41) is 3.16. The molecule has 2 nitrogen and oxygen atoms in total. The van der Waals surface area contributed by atoms with Crippen LogP contribution < -0.4 is 5.32 Å². The summed E-state index contributed by atoms with van der Waals surface area (Å²) in [4.78, 5) is 0. The number of hydrogen-bond acceptors (Lipinski definition) is 3. The maximum Gasteiger partial charge on any atom is 0.0591 e. The van der Waals surface area contributed by atoms with Gasteiger partial charge in [0.2, 0.25) is 0 Å². The van der Waals surface area contributed by atoms with E-state index in [2.05, 4.69) is 30.2 Å². The average molecular weight is 165 g/mol. The van der Waals surface area contributed by atoms with E-state index in [4.69, 9.17) is 4.74 Å². The Labute approximate surface area is 66.4 Å². The van der Waals surface area contributed by atoms with Crippen molar-refractivity contribution in [3.63, 3.8) is 0 Å². The zero-order valence-electron chi connectivity index (χ0n) is 5.17. The van der Waals surface area contributed by atoms with E-state index < -0.39 is 0 Å². The molecule has 0 aliphatic carbocycles. The highest BCUT2D eigenvalue weighted by Crippen LogP contribution is 1.76. The fourth-order valence-corrected chi connectivity index (χ4v) is 0.516. The number of thiol groups is 1. The van der Waals surface area contributed by atoms with Gasteiger partial charge in [-0.2, -0.15) is 0 Å². The summed E-state index contributed by atoms with van der Waals surface area (Å²) in [5.41, 5.74) is 0. The summed E-state index contributed by atoms with van der Waals surface area (Å²) in [6, 6.07) is 0. The van der Waals surface area contributed by atoms with Crippen LogP contribution in [0.25, 0.3) is 0 Å². The molecular weight excluding hydrogens is 154 g/mol. The minimum atomic E-state index is 0.889. The van der Waals surface area contributed by atoms with Crippen LogP contribution in [-0.4, -0.2) is 31.0 Å². The first kappa shape index (κ1) is 9.36. The fraction of sp³-hybridized carbons (Fsp3) is 0.800. The van der Waals surface area contributed by atoms with Gasteiger partial charge in [0.1, 0.15) is 0 Å². The minimum absolute atomic E-state index is 0.889. The van der Waals surface area contributed by atoms with Gasteiger partial charge in [0, 0.05) is 17.8 Å². The van der Waals surface area contributed by atoms with Crippen molar-refractivity contribution < 1.29 is 4.74 Å². The highest BCUT2D eigenvalue weighted by molar-refractivity contribution is 8.08. The third-order valence-corrected chi connectivity index (χ3v) is 0.846. The van der Waals surface area contributed by atoms with E-state index in [-0.39, 0.29) is 0 Å². The zero-order chi connectivity index (χ0) is 6.95. The molecule has 0 saturated carbocycles. The number of hydrogen-bond donors (Lipinski definition) is 2. The van der Waals surface area contributed by atoms with Crippen LogP contribution in [0.5, 0.6) is 0 Å². The van der Waals surface area contributed by atoms with Gasteiger partial charge in [-0.3, -0.25) is 0 Å². The quantitative estimate of drug-likeness (QED) is 0.403. The average Bonchev–Trinajstić information content (AvgIpc) is 1.93. The van der Waals surface area contributed by atoms with E-state index >= 15 is 0 Å². The molecule has 0 aromatic heterocycles. The lowest BCUT2D eigenvalue weighted by Crippen LogP contribution is -2.30.